The van der Waals surface area contributed by atoms with Crippen LogP contribution in [0.1, 0.15) is 13.3 Å². The monoisotopic (exact) mass is 495 g/mol. The fraction of sp³-hybridized carbons (Fsp3) is 0.350. The van der Waals surface area contributed by atoms with Crippen LogP contribution in [0.5, 0.6) is 0 Å². The SMILES string of the molecule is C=CCn1c(SCC(=O)NC2(C)CCS(=O)(=O)C2)nc2scc(-c3cccs3)c2c1=O. The summed E-state index contributed by atoms with van der Waals surface area (Å²) in [4.78, 5) is 32.1. The first kappa shape index (κ1) is 22.3. The third-order valence-electron chi connectivity index (χ3n) is 5.03. The summed E-state index contributed by atoms with van der Waals surface area (Å²) in [5.74, 6) is -0.218. The van der Waals surface area contributed by atoms with Gasteiger partial charge in [-0.2, -0.15) is 0 Å². The van der Waals surface area contributed by atoms with Gasteiger partial charge in [0.15, 0.2) is 15.0 Å². The van der Waals surface area contributed by atoms with E-state index >= 15 is 0 Å². The second-order valence-corrected chi connectivity index (χ2v) is 12.6. The minimum Gasteiger partial charge on any atom is -0.349 e. The topological polar surface area (TPSA) is 98.1 Å². The van der Waals surface area contributed by atoms with Crippen LogP contribution in [0.3, 0.4) is 0 Å². The van der Waals surface area contributed by atoms with Crippen LogP contribution < -0.4 is 10.9 Å². The molecular formula is C20H21N3O4S4. The number of allylic oxidation sites excluding steroid dienone is 1. The molecule has 3 aromatic heterocycles. The molecule has 1 amide bonds. The van der Waals surface area contributed by atoms with Crippen molar-refractivity contribution in [2.45, 2.75) is 30.6 Å². The molecule has 1 unspecified atom stereocenters. The highest BCUT2D eigenvalue weighted by atomic mass is 32.2. The molecule has 0 bridgehead atoms. The molecule has 1 N–H and O–H groups in total. The Labute approximate surface area is 192 Å². The number of hydrogen-bond donors (Lipinski definition) is 1. The first-order valence-electron chi connectivity index (χ1n) is 9.52. The Morgan fingerprint density at radius 3 is 2.90 bits per heavy atom. The Hall–Kier alpha value is -1.95. The minimum atomic E-state index is -3.12. The molecular weight excluding hydrogens is 475 g/mol. The Bertz CT molecular complexity index is 1310. The predicted octanol–water partition coefficient (Wildman–Crippen LogP) is 3.16. The van der Waals surface area contributed by atoms with E-state index in [-0.39, 0.29) is 35.3 Å². The van der Waals surface area contributed by atoms with E-state index in [4.69, 9.17) is 0 Å². The van der Waals surface area contributed by atoms with Crippen LogP contribution in [0.25, 0.3) is 20.7 Å². The Balaban J connectivity index is 1.59. The van der Waals surface area contributed by atoms with Crippen molar-refractivity contribution in [3.05, 3.63) is 45.9 Å². The van der Waals surface area contributed by atoms with E-state index < -0.39 is 15.4 Å². The van der Waals surface area contributed by atoms with Gasteiger partial charge in [-0.15, -0.1) is 29.3 Å². The molecule has 11 heteroatoms. The van der Waals surface area contributed by atoms with E-state index in [0.29, 0.717) is 21.8 Å². The van der Waals surface area contributed by atoms with E-state index in [9.17, 15) is 18.0 Å². The molecule has 0 aliphatic carbocycles. The molecule has 0 radical (unpaired) electrons. The largest absolute Gasteiger partial charge is 0.349 e. The second-order valence-electron chi connectivity index (χ2n) is 7.65. The van der Waals surface area contributed by atoms with Gasteiger partial charge in [-0.05, 0) is 24.8 Å². The number of carbonyl (C=O) groups is 1. The molecule has 0 aromatic carbocycles. The van der Waals surface area contributed by atoms with Gasteiger partial charge in [-0.1, -0.05) is 23.9 Å². The summed E-state index contributed by atoms with van der Waals surface area (Å²) in [5.41, 5.74) is -0.0425. The Morgan fingerprint density at radius 1 is 1.45 bits per heavy atom. The van der Waals surface area contributed by atoms with Crippen molar-refractivity contribution in [3.8, 4) is 10.4 Å². The average Bonchev–Trinajstić information content (AvgIpc) is 3.41. The Morgan fingerprint density at radius 2 is 2.26 bits per heavy atom. The molecule has 3 aromatic rings. The van der Waals surface area contributed by atoms with Crippen LogP contribution in [0.4, 0.5) is 0 Å². The lowest BCUT2D eigenvalue weighted by molar-refractivity contribution is -0.120. The smallest absolute Gasteiger partial charge is 0.263 e. The third kappa shape index (κ3) is 4.64. The summed E-state index contributed by atoms with van der Waals surface area (Å²) in [6.07, 6.45) is 2.03. The van der Waals surface area contributed by atoms with Crippen LogP contribution in [-0.4, -0.2) is 46.7 Å². The standard InChI is InChI=1S/C20H21N3O4S4/c1-3-7-23-18(25)16-13(14-5-4-8-28-14)10-29-17(16)21-19(23)30-11-15(24)22-20(2)6-9-31(26,27)12-20/h3-5,8,10H,1,6-7,9,11-12H2,2H3,(H,22,24). The molecule has 1 fully saturated rings. The van der Waals surface area contributed by atoms with Crippen molar-refractivity contribution in [1.29, 1.82) is 0 Å². The number of nitrogens with zero attached hydrogens (tertiary/aromatic N) is 2. The van der Waals surface area contributed by atoms with Crippen molar-refractivity contribution >= 4 is 60.4 Å². The van der Waals surface area contributed by atoms with Crippen LogP contribution >= 0.6 is 34.4 Å². The lowest BCUT2D eigenvalue weighted by Gasteiger charge is -2.23. The third-order valence-corrected chi connectivity index (χ3v) is 9.69. The summed E-state index contributed by atoms with van der Waals surface area (Å²) in [7, 11) is -3.12. The summed E-state index contributed by atoms with van der Waals surface area (Å²) in [6, 6.07) is 3.92. The van der Waals surface area contributed by atoms with Gasteiger partial charge in [0.1, 0.15) is 4.83 Å². The normalized spacial score (nSPS) is 20.2. The van der Waals surface area contributed by atoms with Crippen molar-refractivity contribution in [1.82, 2.24) is 14.9 Å². The van der Waals surface area contributed by atoms with E-state index in [0.717, 1.165) is 22.2 Å². The zero-order valence-corrected chi connectivity index (χ0v) is 20.1. The van der Waals surface area contributed by atoms with E-state index in [2.05, 4.69) is 16.9 Å². The number of hydrogen-bond acceptors (Lipinski definition) is 8. The average molecular weight is 496 g/mol. The number of rotatable bonds is 7. The maximum absolute atomic E-state index is 13.3. The Kier molecular flexibility index (Phi) is 6.12. The molecule has 1 aliphatic rings. The second kappa shape index (κ2) is 8.53. The van der Waals surface area contributed by atoms with Gasteiger partial charge in [0.05, 0.1) is 28.2 Å². The van der Waals surface area contributed by atoms with Gasteiger partial charge in [0, 0.05) is 22.4 Å². The van der Waals surface area contributed by atoms with E-state index in [1.165, 1.54) is 15.9 Å². The number of carbonyl (C=O) groups excluding carboxylic acids is 1. The van der Waals surface area contributed by atoms with Crippen molar-refractivity contribution in [2.75, 3.05) is 17.3 Å². The number of aromatic nitrogens is 2. The van der Waals surface area contributed by atoms with Gasteiger partial charge >= 0.3 is 0 Å². The highest BCUT2D eigenvalue weighted by Crippen LogP contribution is 2.34. The molecule has 31 heavy (non-hydrogen) atoms. The van der Waals surface area contributed by atoms with Gasteiger partial charge in [-0.25, -0.2) is 13.4 Å². The molecule has 1 aliphatic heterocycles. The van der Waals surface area contributed by atoms with E-state index in [1.54, 1.807) is 24.3 Å². The number of nitrogens with one attached hydrogen (secondary N) is 1. The number of thioether (sulfide) groups is 1. The minimum absolute atomic E-state index is 0.0356. The summed E-state index contributed by atoms with van der Waals surface area (Å²) in [6.45, 7) is 5.76. The maximum atomic E-state index is 13.3. The molecule has 7 nitrogen and oxygen atoms in total. The molecule has 0 saturated carbocycles. The van der Waals surface area contributed by atoms with Crippen LogP contribution in [0.2, 0.25) is 0 Å². The van der Waals surface area contributed by atoms with E-state index in [1.807, 2.05) is 22.9 Å². The fourth-order valence-electron chi connectivity index (χ4n) is 3.63. The van der Waals surface area contributed by atoms with Crippen LogP contribution in [0.15, 0.2) is 45.5 Å². The molecule has 4 heterocycles. The summed E-state index contributed by atoms with van der Waals surface area (Å²) >= 11 is 4.13. The fourth-order valence-corrected chi connectivity index (χ4v) is 8.34. The highest BCUT2D eigenvalue weighted by molar-refractivity contribution is 7.99. The zero-order valence-electron chi connectivity index (χ0n) is 16.8. The highest BCUT2D eigenvalue weighted by Gasteiger charge is 2.39. The van der Waals surface area contributed by atoms with Gasteiger partial charge in [-0.3, -0.25) is 14.2 Å². The number of thiophene rings is 2. The molecule has 4 rings (SSSR count). The van der Waals surface area contributed by atoms with Gasteiger partial charge in [0.2, 0.25) is 5.91 Å². The number of amides is 1. The predicted molar refractivity (Wildman–Crippen MR) is 128 cm³/mol. The quantitative estimate of drug-likeness (QED) is 0.307. The lowest BCUT2D eigenvalue weighted by atomic mass is 10.0. The zero-order chi connectivity index (χ0) is 22.2. The van der Waals surface area contributed by atoms with Crippen molar-refractivity contribution in [3.63, 3.8) is 0 Å². The summed E-state index contributed by atoms with van der Waals surface area (Å²) in [5, 5.41) is 7.76. The van der Waals surface area contributed by atoms with Crippen LogP contribution in [0, 0.1) is 0 Å². The molecule has 1 saturated heterocycles. The summed E-state index contributed by atoms with van der Waals surface area (Å²) < 4.78 is 25.0. The van der Waals surface area contributed by atoms with Gasteiger partial charge < -0.3 is 5.32 Å². The number of fused-ring (bicyclic) bond motifs is 1. The number of sulfone groups is 1. The first-order chi connectivity index (χ1) is 14.7. The lowest BCUT2D eigenvalue weighted by Crippen LogP contribution is -2.47. The van der Waals surface area contributed by atoms with Gasteiger partial charge in [0.25, 0.3) is 5.56 Å². The molecule has 164 valence electrons. The van der Waals surface area contributed by atoms with Crippen molar-refractivity contribution < 1.29 is 13.2 Å². The maximum Gasteiger partial charge on any atom is 0.263 e. The van der Waals surface area contributed by atoms with Crippen molar-refractivity contribution in [2.24, 2.45) is 0 Å². The molecule has 0 spiro atoms. The van der Waals surface area contributed by atoms with Crippen LogP contribution in [-0.2, 0) is 21.2 Å². The first-order valence-corrected chi connectivity index (χ1v) is 14.1. The molecule has 1 atom stereocenters.